The lowest BCUT2D eigenvalue weighted by molar-refractivity contribution is -0.140. The van der Waals surface area contributed by atoms with Crippen molar-refractivity contribution in [2.75, 3.05) is 7.11 Å². The van der Waals surface area contributed by atoms with E-state index < -0.39 is 0 Å². The number of hydrogen-bond acceptors (Lipinski definition) is 3. The standard InChI is InChI=1S/C16H26O3/c1-19-16(18)14-12-10-8-6-4-2-3-5-7-9-11-13-15-17/h3,5,9,11,15H,2,4,6-8,10,12-14H2,1H3/b5-3-,11-9-. The number of carbonyl (C=O) groups excluding carboxylic acids is 2. The Labute approximate surface area is 116 Å². The van der Waals surface area contributed by atoms with Crippen molar-refractivity contribution >= 4 is 12.3 Å². The van der Waals surface area contributed by atoms with Gasteiger partial charge < -0.3 is 9.53 Å². The lowest BCUT2D eigenvalue weighted by Crippen LogP contribution is -1.98. The number of methoxy groups -OCH3 is 1. The summed E-state index contributed by atoms with van der Waals surface area (Å²) < 4.78 is 4.58. The Morgan fingerprint density at radius 1 is 0.895 bits per heavy atom. The third-order valence-corrected chi connectivity index (χ3v) is 2.82. The molecule has 0 bridgehead atoms. The van der Waals surface area contributed by atoms with Gasteiger partial charge in [-0.25, -0.2) is 0 Å². The van der Waals surface area contributed by atoms with Gasteiger partial charge in [0.15, 0.2) is 0 Å². The average Bonchev–Trinajstić information content (AvgIpc) is 2.43. The van der Waals surface area contributed by atoms with Crippen LogP contribution in [0.5, 0.6) is 0 Å². The van der Waals surface area contributed by atoms with E-state index in [2.05, 4.69) is 16.9 Å². The van der Waals surface area contributed by atoms with E-state index in [-0.39, 0.29) is 5.97 Å². The minimum Gasteiger partial charge on any atom is -0.469 e. The molecule has 0 spiro atoms. The molecule has 0 heterocycles. The van der Waals surface area contributed by atoms with Crippen molar-refractivity contribution in [1.29, 1.82) is 0 Å². The number of ether oxygens (including phenoxy) is 1. The van der Waals surface area contributed by atoms with Crippen LogP contribution in [0.1, 0.15) is 57.8 Å². The summed E-state index contributed by atoms with van der Waals surface area (Å²) in [5.41, 5.74) is 0. The van der Waals surface area contributed by atoms with Crippen molar-refractivity contribution < 1.29 is 14.3 Å². The average molecular weight is 266 g/mol. The van der Waals surface area contributed by atoms with Crippen LogP contribution in [0, 0.1) is 0 Å². The Morgan fingerprint density at radius 3 is 2.26 bits per heavy atom. The van der Waals surface area contributed by atoms with Crippen LogP contribution in [0.2, 0.25) is 0 Å². The molecule has 0 unspecified atom stereocenters. The topological polar surface area (TPSA) is 43.4 Å². The van der Waals surface area contributed by atoms with E-state index in [0.29, 0.717) is 12.8 Å². The van der Waals surface area contributed by atoms with Crippen molar-refractivity contribution in [3.8, 4) is 0 Å². The van der Waals surface area contributed by atoms with Crippen molar-refractivity contribution in [3.05, 3.63) is 24.3 Å². The molecule has 0 N–H and O–H groups in total. The molecule has 0 fully saturated rings. The highest BCUT2D eigenvalue weighted by Crippen LogP contribution is 2.08. The summed E-state index contributed by atoms with van der Waals surface area (Å²) >= 11 is 0. The van der Waals surface area contributed by atoms with Gasteiger partial charge in [0.2, 0.25) is 0 Å². The number of esters is 1. The van der Waals surface area contributed by atoms with Gasteiger partial charge in [-0.3, -0.25) is 4.79 Å². The minimum atomic E-state index is -0.106. The summed E-state index contributed by atoms with van der Waals surface area (Å²) in [4.78, 5) is 20.9. The second kappa shape index (κ2) is 14.7. The van der Waals surface area contributed by atoms with E-state index >= 15 is 0 Å². The van der Waals surface area contributed by atoms with Crippen LogP contribution < -0.4 is 0 Å². The first kappa shape index (κ1) is 17.6. The highest BCUT2D eigenvalue weighted by molar-refractivity contribution is 5.68. The lowest BCUT2D eigenvalue weighted by atomic mass is 10.1. The second-order valence-corrected chi connectivity index (χ2v) is 4.46. The second-order valence-electron chi connectivity index (χ2n) is 4.46. The summed E-state index contributed by atoms with van der Waals surface area (Å²) in [7, 11) is 1.43. The van der Waals surface area contributed by atoms with E-state index in [1.165, 1.54) is 26.4 Å². The Kier molecular flexibility index (Phi) is 13.6. The molecular formula is C16H26O3. The smallest absolute Gasteiger partial charge is 0.305 e. The fraction of sp³-hybridized carbons (Fsp3) is 0.625. The van der Waals surface area contributed by atoms with Gasteiger partial charge in [0.05, 0.1) is 7.11 Å². The van der Waals surface area contributed by atoms with Crippen molar-refractivity contribution in [1.82, 2.24) is 0 Å². The van der Waals surface area contributed by atoms with Gasteiger partial charge >= 0.3 is 5.97 Å². The largest absolute Gasteiger partial charge is 0.469 e. The molecule has 0 amide bonds. The molecule has 3 nitrogen and oxygen atoms in total. The summed E-state index contributed by atoms with van der Waals surface area (Å²) in [6.45, 7) is 0. The van der Waals surface area contributed by atoms with E-state index in [1.807, 2.05) is 12.2 Å². The number of hydrogen-bond donors (Lipinski definition) is 0. The fourth-order valence-corrected chi connectivity index (χ4v) is 1.70. The molecule has 19 heavy (non-hydrogen) atoms. The first-order valence-electron chi connectivity index (χ1n) is 7.11. The quantitative estimate of drug-likeness (QED) is 0.232. The molecule has 0 aliphatic rings. The van der Waals surface area contributed by atoms with Crippen LogP contribution >= 0.6 is 0 Å². The van der Waals surface area contributed by atoms with Gasteiger partial charge in [0, 0.05) is 12.8 Å². The zero-order valence-electron chi connectivity index (χ0n) is 12.0. The van der Waals surface area contributed by atoms with Crippen LogP contribution in [0.15, 0.2) is 24.3 Å². The Morgan fingerprint density at radius 2 is 1.53 bits per heavy atom. The Bertz CT molecular complexity index is 280. The fourth-order valence-electron chi connectivity index (χ4n) is 1.70. The van der Waals surface area contributed by atoms with E-state index in [4.69, 9.17) is 0 Å². The molecule has 0 aliphatic heterocycles. The van der Waals surface area contributed by atoms with Gasteiger partial charge in [0.25, 0.3) is 0 Å². The molecule has 0 radical (unpaired) electrons. The summed E-state index contributed by atoms with van der Waals surface area (Å²) in [6.07, 6.45) is 17.9. The molecule has 0 aromatic carbocycles. The van der Waals surface area contributed by atoms with E-state index in [0.717, 1.165) is 32.0 Å². The van der Waals surface area contributed by atoms with Crippen molar-refractivity contribution in [2.45, 2.75) is 57.8 Å². The lowest BCUT2D eigenvalue weighted by Gasteiger charge is -1.99. The summed E-state index contributed by atoms with van der Waals surface area (Å²) in [6, 6.07) is 0. The van der Waals surface area contributed by atoms with Gasteiger partial charge in [-0.15, -0.1) is 0 Å². The maximum atomic E-state index is 10.9. The van der Waals surface area contributed by atoms with Gasteiger partial charge in [0.1, 0.15) is 6.29 Å². The maximum Gasteiger partial charge on any atom is 0.305 e. The van der Waals surface area contributed by atoms with Gasteiger partial charge in [-0.2, -0.15) is 0 Å². The van der Waals surface area contributed by atoms with E-state index in [9.17, 15) is 9.59 Å². The van der Waals surface area contributed by atoms with Crippen LogP contribution in [-0.2, 0) is 14.3 Å². The highest BCUT2D eigenvalue weighted by atomic mass is 16.5. The Hall–Kier alpha value is -1.38. The molecule has 3 heteroatoms. The first-order chi connectivity index (χ1) is 9.31. The highest BCUT2D eigenvalue weighted by Gasteiger charge is 1.98. The number of rotatable bonds is 12. The molecule has 0 rings (SSSR count). The molecule has 0 saturated heterocycles. The number of allylic oxidation sites excluding steroid dienone is 4. The number of unbranched alkanes of at least 4 members (excludes halogenated alkanes) is 5. The molecule has 0 aromatic rings. The van der Waals surface area contributed by atoms with Crippen molar-refractivity contribution in [2.24, 2.45) is 0 Å². The zero-order chi connectivity index (χ0) is 14.2. The molecule has 0 aromatic heterocycles. The molecular weight excluding hydrogens is 240 g/mol. The zero-order valence-corrected chi connectivity index (χ0v) is 12.0. The normalized spacial score (nSPS) is 11.2. The summed E-state index contributed by atoms with van der Waals surface area (Å²) in [5, 5.41) is 0. The van der Waals surface area contributed by atoms with Crippen molar-refractivity contribution in [3.63, 3.8) is 0 Å². The van der Waals surface area contributed by atoms with E-state index in [1.54, 1.807) is 0 Å². The minimum absolute atomic E-state index is 0.106. The molecule has 0 atom stereocenters. The predicted octanol–water partition coefficient (Wildman–Crippen LogP) is 3.98. The third-order valence-electron chi connectivity index (χ3n) is 2.82. The van der Waals surface area contributed by atoms with Crippen LogP contribution in [0.3, 0.4) is 0 Å². The van der Waals surface area contributed by atoms with Crippen LogP contribution in [0.4, 0.5) is 0 Å². The molecule has 0 saturated carbocycles. The molecule has 0 aliphatic carbocycles. The maximum absolute atomic E-state index is 10.9. The van der Waals surface area contributed by atoms with Crippen LogP contribution in [-0.4, -0.2) is 19.4 Å². The monoisotopic (exact) mass is 266 g/mol. The molecule has 108 valence electrons. The first-order valence-corrected chi connectivity index (χ1v) is 7.11. The van der Waals surface area contributed by atoms with Gasteiger partial charge in [-0.1, -0.05) is 43.6 Å². The SMILES string of the molecule is COC(=O)CCCCCCC/C=C\C/C=C\CC=O. The number of aldehydes is 1. The Balaban J connectivity index is 3.20. The summed E-state index contributed by atoms with van der Waals surface area (Å²) in [5.74, 6) is -0.106. The number of carbonyl (C=O) groups is 2. The predicted molar refractivity (Wildman–Crippen MR) is 77.9 cm³/mol. The third kappa shape index (κ3) is 14.6. The van der Waals surface area contributed by atoms with Crippen LogP contribution in [0.25, 0.3) is 0 Å². The van der Waals surface area contributed by atoms with Gasteiger partial charge in [-0.05, 0) is 25.7 Å².